The fourth-order valence-corrected chi connectivity index (χ4v) is 6.28. The number of amidine groups is 1. The molecule has 5 aliphatic rings. The van der Waals surface area contributed by atoms with Gasteiger partial charge >= 0.3 is 0 Å². The summed E-state index contributed by atoms with van der Waals surface area (Å²) in [6.07, 6.45) is 22.8. The van der Waals surface area contributed by atoms with Crippen LogP contribution in [0.15, 0.2) is 85.2 Å². The van der Waals surface area contributed by atoms with Crippen molar-refractivity contribution >= 4 is 5.84 Å². The van der Waals surface area contributed by atoms with Crippen LogP contribution in [0.25, 0.3) is 11.4 Å². The molecule has 2 N–H and O–H groups in total. The molecule has 0 spiro atoms. The van der Waals surface area contributed by atoms with Crippen LogP contribution in [0, 0.1) is 13.8 Å². The number of aromatic amines is 2. The minimum atomic E-state index is 0.938. The number of imidazole rings is 4. The highest BCUT2D eigenvalue weighted by Gasteiger charge is 2.22. The Morgan fingerprint density at radius 2 is 1.45 bits per heavy atom. The first kappa shape index (κ1) is 41.2. The third-order valence-electron chi connectivity index (χ3n) is 9.44. The predicted molar refractivity (Wildman–Crippen MR) is 216 cm³/mol. The van der Waals surface area contributed by atoms with Gasteiger partial charge in [0, 0.05) is 121 Å². The summed E-state index contributed by atoms with van der Waals surface area (Å²) in [7, 11) is 3.96. The molecule has 0 saturated carbocycles. The second-order valence-corrected chi connectivity index (χ2v) is 13.9. The van der Waals surface area contributed by atoms with Crippen molar-refractivity contribution in [2.75, 3.05) is 58.9 Å². The van der Waals surface area contributed by atoms with E-state index in [0.717, 1.165) is 48.1 Å². The van der Waals surface area contributed by atoms with E-state index in [9.17, 15) is 0 Å². The fraction of sp³-hybridized carbons (Fsp3) is 0.537. The summed E-state index contributed by atoms with van der Waals surface area (Å²) in [4.78, 5) is 30.5. The molecular weight excluding hydrogens is 661 g/mol. The average Bonchev–Trinajstić information content (AvgIpc) is 4.02. The Bertz CT molecular complexity index is 1610. The lowest BCUT2D eigenvalue weighted by Crippen LogP contribution is -2.55. The monoisotopic (exact) mass is 726 g/mol. The first-order valence-corrected chi connectivity index (χ1v) is 19.6. The van der Waals surface area contributed by atoms with Crippen LogP contribution in [-0.2, 0) is 27.1 Å². The zero-order chi connectivity index (χ0) is 37.7. The Kier molecular flexibility index (Phi) is 18.0. The number of aliphatic imine (C=N–C) groups is 1. The van der Waals surface area contributed by atoms with Crippen LogP contribution in [0.2, 0.25) is 0 Å². The zero-order valence-electron chi connectivity index (χ0n) is 33.3. The number of rotatable bonds is 3. The van der Waals surface area contributed by atoms with Crippen molar-refractivity contribution in [3.63, 3.8) is 0 Å². The minimum absolute atomic E-state index is 0.938. The third kappa shape index (κ3) is 15.5. The highest BCUT2D eigenvalue weighted by atomic mass is 15.3. The highest BCUT2D eigenvalue weighted by Crippen LogP contribution is 2.16. The molecule has 0 amide bonds. The average molecular weight is 726 g/mol. The van der Waals surface area contributed by atoms with Gasteiger partial charge in [-0.1, -0.05) is 43.7 Å². The number of piperazine rings is 3. The topological polar surface area (TPSA) is 106 Å². The normalized spacial score (nSPS) is 18.3. The van der Waals surface area contributed by atoms with Crippen molar-refractivity contribution in [3.05, 3.63) is 97.4 Å². The van der Waals surface area contributed by atoms with Gasteiger partial charge in [-0.25, -0.2) is 24.1 Å². The summed E-state index contributed by atoms with van der Waals surface area (Å²) in [5.74, 6) is 3.41. The summed E-state index contributed by atoms with van der Waals surface area (Å²) in [6, 6.07) is 10.1. The summed E-state index contributed by atoms with van der Waals surface area (Å²) < 4.78 is 6.05. The number of benzene rings is 1. The molecule has 12 heteroatoms. The summed E-state index contributed by atoms with van der Waals surface area (Å²) in [5, 5.41) is 0. The van der Waals surface area contributed by atoms with E-state index in [0.29, 0.717) is 0 Å². The second kappa shape index (κ2) is 23.2. The Morgan fingerprint density at radius 3 is 1.91 bits per heavy atom. The molecule has 1 aromatic carbocycles. The number of aryl methyl sites for hydroxylation is 6. The first-order chi connectivity index (χ1) is 25.8. The van der Waals surface area contributed by atoms with Gasteiger partial charge in [-0.05, 0) is 40.0 Å². The molecule has 0 aliphatic carbocycles. The van der Waals surface area contributed by atoms with E-state index in [1.165, 1.54) is 90.3 Å². The number of hydrogen-bond acceptors (Lipinski definition) is 7. The molecule has 4 saturated heterocycles. The third-order valence-corrected chi connectivity index (χ3v) is 9.44. The van der Waals surface area contributed by atoms with Crippen molar-refractivity contribution in [1.29, 1.82) is 0 Å². The summed E-state index contributed by atoms with van der Waals surface area (Å²) in [6.45, 7) is 20.8. The largest absolute Gasteiger partial charge is 0.360 e. The van der Waals surface area contributed by atoms with Crippen molar-refractivity contribution in [3.8, 4) is 11.4 Å². The van der Waals surface area contributed by atoms with E-state index in [1.54, 1.807) is 12.5 Å². The van der Waals surface area contributed by atoms with Gasteiger partial charge in [0.1, 0.15) is 24.0 Å². The van der Waals surface area contributed by atoms with Crippen LogP contribution >= 0.6 is 0 Å². The van der Waals surface area contributed by atoms with Crippen LogP contribution in [0.1, 0.15) is 63.2 Å². The number of fused-ring (bicyclic) bond motifs is 4. The highest BCUT2D eigenvalue weighted by molar-refractivity contribution is 5.83. The maximum Gasteiger partial charge on any atom is 0.243 e. The molecule has 5 aromatic rings. The van der Waals surface area contributed by atoms with E-state index >= 15 is 0 Å². The van der Waals surface area contributed by atoms with Gasteiger partial charge in [-0.3, -0.25) is 14.8 Å². The molecule has 4 fully saturated rings. The van der Waals surface area contributed by atoms with Gasteiger partial charge in [0.2, 0.25) is 6.33 Å². The molecule has 0 atom stereocenters. The minimum Gasteiger partial charge on any atom is -0.360 e. The van der Waals surface area contributed by atoms with Gasteiger partial charge in [0.15, 0.2) is 0 Å². The fourth-order valence-electron chi connectivity index (χ4n) is 6.28. The van der Waals surface area contributed by atoms with Crippen LogP contribution < -0.4 is 4.57 Å². The number of nitrogens with one attached hydrogen (secondary N) is 2. The molecule has 12 nitrogen and oxygen atoms in total. The standard InChI is InChI=1S/C10H10N2.C9H16N2.C6H12N2.C6H11N2.C6H10N2.C4H6N2/c1-8-7-11-10(12-8)9-5-3-2-4-6-9;1-2-5-9-10-6-4-8-11(9)7-3-1;1-2-8-5-3-7(1)4-6-8;1-3-8-5-4-7(2)6-8;1-3-6-7-4-5(2)8-6;1-6-3-2-5-4-6/h2-7H,1H3,(H,11,12);1-8H2;1-6H2;4-6H,3H2,1-2H3;4H,3H2,1-2H3,(H,7,8);2-4H,1H3/q;;;+1;;. The van der Waals surface area contributed by atoms with Gasteiger partial charge in [-0.15, -0.1) is 0 Å². The summed E-state index contributed by atoms with van der Waals surface area (Å²) in [5.41, 5.74) is 3.36. The molecule has 5 aliphatic heterocycles. The Hall–Kier alpha value is -4.55. The molecule has 0 unspecified atom stereocenters. The summed E-state index contributed by atoms with van der Waals surface area (Å²) >= 11 is 0. The van der Waals surface area contributed by atoms with Crippen molar-refractivity contribution < 1.29 is 4.57 Å². The number of aromatic nitrogens is 8. The maximum absolute atomic E-state index is 4.55. The second-order valence-electron chi connectivity index (χ2n) is 13.9. The van der Waals surface area contributed by atoms with Crippen molar-refractivity contribution in [1.82, 2.24) is 48.8 Å². The van der Waals surface area contributed by atoms with E-state index in [4.69, 9.17) is 0 Å². The lowest BCUT2D eigenvalue weighted by Gasteiger charge is -2.41. The molecule has 288 valence electrons. The van der Waals surface area contributed by atoms with E-state index in [-0.39, 0.29) is 0 Å². The molecule has 2 bridgehead atoms. The van der Waals surface area contributed by atoms with Crippen molar-refractivity contribution in [2.24, 2.45) is 19.1 Å². The predicted octanol–water partition coefficient (Wildman–Crippen LogP) is 5.70. The van der Waals surface area contributed by atoms with E-state index in [2.05, 4.69) is 75.6 Å². The van der Waals surface area contributed by atoms with Crippen LogP contribution in [-0.4, -0.2) is 113 Å². The maximum atomic E-state index is 4.55. The smallest absolute Gasteiger partial charge is 0.243 e. The lowest BCUT2D eigenvalue weighted by atomic mass is 10.2. The molecule has 10 rings (SSSR count). The lowest BCUT2D eigenvalue weighted by molar-refractivity contribution is -0.671. The molecule has 0 radical (unpaired) electrons. The molecule has 4 aromatic heterocycles. The SMILES string of the molecule is C1CCC2=NCCCN2CC1.C1CN2CCN1CC2.CCc1ncc(C)[nH]1.CCn1cc[n+](C)c1.Cc1cnc(-c2ccccc2)[nH]1.Cn1ccnc1. The Labute approximate surface area is 318 Å². The van der Waals surface area contributed by atoms with Crippen LogP contribution in [0.4, 0.5) is 0 Å². The Morgan fingerprint density at radius 1 is 0.774 bits per heavy atom. The van der Waals surface area contributed by atoms with Gasteiger partial charge in [0.25, 0.3) is 0 Å². The number of nitrogens with zero attached hydrogens (tertiary/aromatic N) is 10. The van der Waals surface area contributed by atoms with Gasteiger partial charge < -0.3 is 19.4 Å². The van der Waals surface area contributed by atoms with Crippen LogP contribution in [0.3, 0.4) is 0 Å². The van der Waals surface area contributed by atoms with Gasteiger partial charge in [-0.2, -0.15) is 0 Å². The van der Waals surface area contributed by atoms with Crippen molar-refractivity contribution in [2.45, 2.75) is 72.8 Å². The zero-order valence-corrected chi connectivity index (χ0v) is 33.3. The number of H-pyrrole nitrogens is 2. The number of hydrogen-bond donors (Lipinski definition) is 2. The van der Waals surface area contributed by atoms with Crippen LogP contribution in [0.5, 0.6) is 0 Å². The first-order valence-electron chi connectivity index (χ1n) is 19.6. The molecule has 9 heterocycles. The van der Waals surface area contributed by atoms with Gasteiger partial charge in [0.05, 0.1) is 25.8 Å². The van der Waals surface area contributed by atoms with E-state index < -0.39 is 0 Å². The quantitative estimate of drug-likeness (QED) is 0.232. The molecule has 53 heavy (non-hydrogen) atoms. The molecular formula is C41H65N12+. The Balaban J connectivity index is 0.000000144. The van der Waals surface area contributed by atoms with E-state index in [1.807, 2.05) is 92.2 Å².